The first-order chi connectivity index (χ1) is 17.7. The van der Waals surface area contributed by atoms with Gasteiger partial charge in [0.05, 0.1) is 5.56 Å². The van der Waals surface area contributed by atoms with Gasteiger partial charge in [0.15, 0.2) is 5.78 Å². The molecule has 1 aliphatic carbocycles. The summed E-state index contributed by atoms with van der Waals surface area (Å²) in [6.45, 7) is 21.4. The van der Waals surface area contributed by atoms with Crippen LogP contribution >= 0.6 is 0 Å². The summed E-state index contributed by atoms with van der Waals surface area (Å²) in [5, 5.41) is 0. The van der Waals surface area contributed by atoms with E-state index in [1.165, 1.54) is 11.1 Å². The van der Waals surface area contributed by atoms with Crippen LogP contribution in [0.5, 0.6) is 0 Å². The summed E-state index contributed by atoms with van der Waals surface area (Å²) in [4.78, 5) is 27.2. The molecule has 2 aromatic rings. The second-order valence-corrected chi connectivity index (χ2v) is 12.7. The number of carbonyl (C=O) groups is 2. The van der Waals surface area contributed by atoms with Crippen molar-refractivity contribution in [3.8, 4) is 0 Å². The van der Waals surface area contributed by atoms with E-state index >= 15 is 0 Å². The Hall–Kier alpha value is -2.94. The maximum Gasteiger partial charge on any atom is 0.339 e. The number of ketones is 1. The van der Waals surface area contributed by atoms with Crippen molar-refractivity contribution in [2.24, 2.45) is 16.7 Å². The zero-order chi connectivity index (χ0) is 28.4. The van der Waals surface area contributed by atoms with Crippen LogP contribution in [0, 0.1) is 16.7 Å². The molecule has 3 rings (SSSR count). The van der Waals surface area contributed by atoms with Gasteiger partial charge in [-0.2, -0.15) is 0 Å². The van der Waals surface area contributed by atoms with Crippen LogP contribution in [0.25, 0.3) is 0 Å². The highest BCUT2D eigenvalue weighted by atomic mass is 16.5. The van der Waals surface area contributed by atoms with E-state index in [9.17, 15) is 9.59 Å². The number of ether oxygens (including phenoxy) is 1. The molecular formula is C35H46O3. The summed E-state index contributed by atoms with van der Waals surface area (Å²) >= 11 is 0. The Balaban J connectivity index is 1.84. The standard InChI is InChI=1S/C35H46O3/c1-22(2)26-16-18-29(31(21-26)23(3)4)32(36)28-13-11-12-14-30(28)33(37)38-25(6)34(7,8)20-19-27-17-15-24(5)35(27,9)10/h11-16,18-23,25,27H,17H2,1-10H3/b20-19+. The summed E-state index contributed by atoms with van der Waals surface area (Å²) in [5.41, 5.74) is 4.73. The molecule has 0 spiro atoms. The van der Waals surface area contributed by atoms with Crippen LogP contribution in [0.2, 0.25) is 0 Å². The van der Waals surface area contributed by atoms with Gasteiger partial charge in [0, 0.05) is 16.5 Å². The summed E-state index contributed by atoms with van der Waals surface area (Å²) < 4.78 is 5.99. The lowest BCUT2D eigenvalue weighted by molar-refractivity contribution is 0.0111. The third-order valence-electron chi connectivity index (χ3n) is 8.71. The van der Waals surface area contributed by atoms with Crippen molar-refractivity contribution in [1.82, 2.24) is 0 Å². The number of esters is 1. The quantitative estimate of drug-likeness (QED) is 0.190. The third kappa shape index (κ3) is 6.20. The summed E-state index contributed by atoms with van der Waals surface area (Å²) in [6.07, 6.45) is 7.45. The van der Waals surface area contributed by atoms with E-state index in [0.717, 1.165) is 12.0 Å². The summed E-state index contributed by atoms with van der Waals surface area (Å²) in [5.74, 6) is 0.377. The fraction of sp³-hybridized carbons (Fsp3) is 0.486. The van der Waals surface area contributed by atoms with E-state index in [0.29, 0.717) is 28.5 Å². The lowest BCUT2D eigenvalue weighted by Crippen LogP contribution is -2.31. The van der Waals surface area contributed by atoms with Crippen LogP contribution in [0.3, 0.4) is 0 Å². The van der Waals surface area contributed by atoms with Crippen LogP contribution in [0.15, 0.2) is 66.3 Å². The molecule has 0 bridgehead atoms. The number of benzene rings is 2. The van der Waals surface area contributed by atoms with Gasteiger partial charge in [-0.15, -0.1) is 0 Å². The Bertz CT molecular complexity index is 1240. The Morgan fingerprint density at radius 3 is 2.13 bits per heavy atom. The number of allylic oxidation sites excluding steroid dienone is 3. The van der Waals surface area contributed by atoms with Crippen LogP contribution in [0.4, 0.5) is 0 Å². The maximum absolute atomic E-state index is 13.8. The van der Waals surface area contributed by atoms with Gasteiger partial charge in [0.25, 0.3) is 0 Å². The third-order valence-corrected chi connectivity index (χ3v) is 8.71. The molecule has 0 heterocycles. The van der Waals surface area contributed by atoms with Gasteiger partial charge >= 0.3 is 5.97 Å². The lowest BCUT2D eigenvalue weighted by Gasteiger charge is -2.31. The number of rotatable bonds is 9. The van der Waals surface area contributed by atoms with Gasteiger partial charge in [-0.1, -0.05) is 116 Å². The number of carbonyl (C=O) groups excluding carboxylic acids is 2. The number of hydrogen-bond donors (Lipinski definition) is 0. The Morgan fingerprint density at radius 2 is 1.58 bits per heavy atom. The maximum atomic E-state index is 13.8. The first kappa shape index (κ1) is 29.6. The Labute approximate surface area is 230 Å². The van der Waals surface area contributed by atoms with Gasteiger partial charge in [0.1, 0.15) is 6.10 Å². The molecule has 0 aromatic heterocycles. The van der Waals surface area contributed by atoms with E-state index in [1.807, 2.05) is 19.1 Å². The molecule has 0 amide bonds. The first-order valence-corrected chi connectivity index (χ1v) is 14.0. The molecule has 2 aromatic carbocycles. The second-order valence-electron chi connectivity index (χ2n) is 12.7. The molecule has 204 valence electrons. The van der Waals surface area contributed by atoms with E-state index in [2.05, 4.69) is 86.6 Å². The molecule has 3 heteroatoms. The molecule has 38 heavy (non-hydrogen) atoms. The molecule has 2 unspecified atom stereocenters. The molecule has 0 radical (unpaired) electrons. The van der Waals surface area contributed by atoms with Crippen molar-refractivity contribution in [1.29, 1.82) is 0 Å². The fourth-order valence-corrected chi connectivity index (χ4v) is 4.98. The van der Waals surface area contributed by atoms with Crippen molar-refractivity contribution in [2.75, 3.05) is 0 Å². The van der Waals surface area contributed by atoms with Gasteiger partial charge in [-0.05, 0) is 60.6 Å². The van der Waals surface area contributed by atoms with Crippen LogP contribution in [-0.2, 0) is 4.74 Å². The van der Waals surface area contributed by atoms with Crippen molar-refractivity contribution in [3.63, 3.8) is 0 Å². The van der Waals surface area contributed by atoms with E-state index in [-0.39, 0.29) is 28.6 Å². The summed E-state index contributed by atoms with van der Waals surface area (Å²) in [6, 6.07) is 13.1. The van der Waals surface area contributed by atoms with E-state index in [1.54, 1.807) is 24.3 Å². The van der Waals surface area contributed by atoms with E-state index in [4.69, 9.17) is 4.74 Å². The molecule has 1 aliphatic rings. The highest BCUT2D eigenvalue weighted by Gasteiger charge is 2.35. The predicted molar refractivity (Wildman–Crippen MR) is 158 cm³/mol. The number of hydrogen-bond acceptors (Lipinski definition) is 3. The van der Waals surface area contributed by atoms with Crippen molar-refractivity contribution < 1.29 is 14.3 Å². The lowest BCUT2D eigenvalue weighted by atomic mass is 9.76. The molecular weight excluding hydrogens is 468 g/mol. The fourth-order valence-electron chi connectivity index (χ4n) is 4.98. The van der Waals surface area contributed by atoms with E-state index < -0.39 is 5.97 Å². The SMILES string of the molecule is CC1=CCC(/C=C/C(C)(C)C(C)OC(=O)c2ccccc2C(=O)c2ccc(C(C)C)cc2C(C)C)C1(C)C. The molecule has 0 fully saturated rings. The molecule has 0 N–H and O–H groups in total. The van der Waals surface area contributed by atoms with Crippen LogP contribution < -0.4 is 0 Å². The second kappa shape index (κ2) is 11.4. The highest BCUT2D eigenvalue weighted by molar-refractivity contribution is 6.15. The normalized spacial score (nSPS) is 18.2. The minimum atomic E-state index is -0.466. The van der Waals surface area contributed by atoms with Gasteiger partial charge in [-0.25, -0.2) is 4.79 Å². The van der Waals surface area contributed by atoms with Crippen LogP contribution in [0.1, 0.15) is 125 Å². The van der Waals surface area contributed by atoms with Crippen molar-refractivity contribution >= 4 is 11.8 Å². The van der Waals surface area contributed by atoms with Crippen molar-refractivity contribution in [3.05, 3.63) is 94.1 Å². The largest absolute Gasteiger partial charge is 0.458 e. The highest BCUT2D eigenvalue weighted by Crippen LogP contribution is 2.44. The first-order valence-electron chi connectivity index (χ1n) is 14.0. The smallest absolute Gasteiger partial charge is 0.339 e. The Kier molecular flexibility index (Phi) is 8.91. The monoisotopic (exact) mass is 514 g/mol. The predicted octanol–water partition coefficient (Wildman–Crippen LogP) is 9.28. The van der Waals surface area contributed by atoms with Gasteiger partial charge < -0.3 is 4.74 Å². The minimum absolute atomic E-state index is 0.133. The van der Waals surface area contributed by atoms with Crippen LogP contribution in [-0.4, -0.2) is 17.9 Å². The summed E-state index contributed by atoms with van der Waals surface area (Å²) in [7, 11) is 0. The molecule has 0 saturated heterocycles. The van der Waals surface area contributed by atoms with Gasteiger partial charge in [-0.3, -0.25) is 4.79 Å². The zero-order valence-electron chi connectivity index (χ0n) is 25.0. The molecule has 3 nitrogen and oxygen atoms in total. The molecule has 2 atom stereocenters. The molecule has 0 saturated carbocycles. The zero-order valence-corrected chi connectivity index (χ0v) is 25.0. The topological polar surface area (TPSA) is 43.4 Å². The average Bonchev–Trinajstić information content (AvgIpc) is 3.12. The average molecular weight is 515 g/mol. The van der Waals surface area contributed by atoms with Crippen molar-refractivity contribution in [2.45, 2.75) is 93.6 Å². The minimum Gasteiger partial charge on any atom is -0.458 e. The Morgan fingerprint density at radius 1 is 0.947 bits per heavy atom. The molecule has 0 aliphatic heterocycles. The van der Waals surface area contributed by atoms with Gasteiger partial charge in [0.2, 0.25) is 0 Å².